The van der Waals surface area contributed by atoms with E-state index in [1.807, 2.05) is 23.9 Å². The number of benzene rings is 1. The topological polar surface area (TPSA) is 72.7 Å². The Hall–Kier alpha value is -2.84. The van der Waals surface area contributed by atoms with Crippen molar-refractivity contribution in [1.82, 2.24) is 20.4 Å². The third kappa shape index (κ3) is 7.42. The average Bonchev–Trinajstić information content (AvgIpc) is 3.20. The van der Waals surface area contributed by atoms with Crippen molar-refractivity contribution >= 4 is 5.96 Å². The lowest BCUT2D eigenvalue weighted by Crippen LogP contribution is -2.37. The first-order valence-corrected chi connectivity index (χ1v) is 9.24. The first-order chi connectivity index (χ1) is 13.6. The molecule has 0 amide bonds. The number of nitrogens with zero attached hydrogens (tertiary/aromatic N) is 3. The first-order valence-electron chi connectivity index (χ1n) is 9.24. The highest BCUT2D eigenvalue weighted by Crippen LogP contribution is 2.26. The van der Waals surface area contributed by atoms with Crippen molar-refractivity contribution in [2.75, 3.05) is 20.2 Å². The molecule has 2 aromatic rings. The monoisotopic (exact) mass is 395 g/mol. The van der Waals surface area contributed by atoms with E-state index in [9.17, 15) is 8.78 Å². The van der Waals surface area contributed by atoms with Crippen LogP contribution in [-0.4, -0.2) is 42.6 Å². The number of alkyl halides is 2. The Morgan fingerprint density at radius 2 is 2.18 bits per heavy atom. The molecule has 0 fully saturated rings. The Balaban J connectivity index is 1.87. The largest absolute Gasteiger partial charge is 0.493 e. The quantitative estimate of drug-likeness (QED) is 0.348. The first kappa shape index (κ1) is 21.5. The van der Waals surface area contributed by atoms with Crippen molar-refractivity contribution in [3.63, 3.8) is 0 Å². The normalized spacial score (nSPS) is 11.5. The van der Waals surface area contributed by atoms with Crippen LogP contribution in [0.2, 0.25) is 0 Å². The minimum absolute atomic E-state index is 0.0882. The third-order valence-electron chi connectivity index (χ3n) is 3.81. The molecule has 7 nitrogen and oxygen atoms in total. The molecule has 28 heavy (non-hydrogen) atoms. The molecule has 0 spiro atoms. The van der Waals surface area contributed by atoms with E-state index in [1.54, 1.807) is 25.4 Å². The molecule has 0 aliphatic heterocycles. The van der Waals surface area contributed by atoms with Gasteiger partial charge in [0.2, 0.25) is 0 Å². The number of ether oxygens (including phenoxy) is 2. The van der Waals surface area contributed by atoms with Gasteiger partial charge in [-0.15, -0.1) is 0 Å². The smallest absolute Gasteiger partial charge is 0.387 e. The minimum atomic E-state index is -2.90. The fourth-order valence-corrected chi connectivity index (χ4v) is 2.48. The zero-order chi connectivity index (χ0) is 20.2. The summed E-state index contributed by atoms with van der Waals surface area (Å²) in [5, 5.41) is 10.4. The van der Waals surface area contributed by atoms with Crippen molar-refractivity contribution in [2.45, 2.75) is 39.5 Å². The van der Waals surface area contributed by atoms with Crippen LogP contribution in [0.15, 0.2) is 41.7 Å². The van der Waals surface area contributed by atoms with E-state index in [2.05, 4.69) is 25.5 Å². The van der Waals surface area contributed by atoms with Gasteiger partial charge in [0, 0.05) is 50.7 Å². The number of aryl methyl sites for hydroxylation is 1. The molecule has 0 unspecified atom stereocenters. The number of hydrogen-bond donors (Lipinski definition) is 2. The molecular weight excluding hydrogens is 368 g/mol. The Bertz CT molecular complexity index is 723. The van der Waals surface area contributed by atoms with E-state index in [-0.39, 0.29) is 12.3 Å². The second-order valence-corrected chi connectivity index (χ2v) is 5.97. The van der Waals surface area contributed by atoms with Gasteiger partial charge in [0.05, 0.1) is 6.61 Å². The lowest BCUT2D eigenvalue weighted by molar-refractivity contribution is -0.0505. The maximum absolute atomic E-state index is 12.7. The van der Waals surface area contributed by atoms with Gasteiger partial charge < -0.3 is 20.1 Å². The average molecular weight is 395 g/mol. The number of aromatic nitrogens is 2. The summed E-state index contributed by atoms with van der Waals surface area (Å²) in [4.78, 5) is 4.14. The van der Waals surface area contributed by atoms with E-state index in [0.29, 0.717) is 30.4 Å². The van der Waals surface area contributed by atoms with Crippen LogP contribution in [0.25, 0.3) is 0 Å². The van der Waals surface area contributed by atoms with Crippen LogP contribution >= 0.6 is 0 Å². The molecule has 2 N–H and O–H groups in total. The Labute approximate surface area is 163 Å². The van der Waals surface area contributed by atoms with Crippen molar-refractivity contribution in [3.05, 3.63) is 42.2 Å². The molecule has 1 aromatic heterocycles. The van der Waals surface area contributed by atoms with Crippen LogP contribution in [0.4, 0.5) is 8.78 Å². The molecule has 0 aliphatic rings. The van der Waals surface area contributed by atoms with Gasteiger partial charge in [-0.05, 0) is 31.0 Å². The number of halogens is 2. The van der Waals surface area contributed by atoms with Crippen LogP contribution in [0.3, 0.4) is 0 Å². The van der Waals surface area contributed by atoms with Gasteiger partial charge in [-0.3, -0.25) is 9.67 Å². The molecule has 0 aliphatic carbocycles. The highest BCUT2D eigenvalue weighted by molar-refractivity contribution is 5.79. The van der Waals surface area contributed by atoms with E-state index < -0.39 is 6.61 Å². The van der Waals surface area contributed by atoms with Gasteiger partial charge in [-0.25, -0.2) is 0 Å². The summed E-state index contributed by atoms with van der Waals surface area (Å²) in [7, 11) is 1.65. The zero-order valence-electron chi connectivity index (χ0n) is 16.2. The van der Waals surface area contributed by atoms with Crippen molar-refractivity contribution < 1.29 is 18.3 Å². The lowest BCUT2D eigenvalue weighted by Gasteiger charge is -2.16. The fraction of sp³-hybridized carbons (Fsp3) is 0.474. The lowest BCUT2D eigenvalue weighted by atomic mass is 10.2. The van der Waals surface area contributed by atoms with Crippen molar-refractivity contribution in [2.24, 2.45) is 4.99 Å². The summed E-state index contributed by atoms with van der Waals surface area (Å²) in [5.74, 6) is 1.17. The summed E-state index contributed by atoms with van der Waals surface area (Å²) in [6.07, 6.45) is 5.35. The van der Waals surface area contributed by atoms with Crippen LogP contribution < -0.4 is 20.1 Å². The van der Waals surface area contributed by atoms with E-state index >= 15 is 0 Å². The van der Waals surface area contributed by atoms with Gasteiger partial charge >= 0.3 is 6.61 Å². The molecule has 0 atom stereocenters. The molecule has 0 saturated heterocycles. The fourth-order valence-electron chi connectivity index (χ4n) is 2.48. The van der Waals surface area contributed by atoms with Crippen LogP contribution in [-0.2, 0) is 13.1 Å². The Morgan fingerprint density at radius 1 is 1.32 bits per heavy atom. The molecule has 154 valence electrons. The Morgan fingerprint density at radius 3 is 2.86 bits per heavy atom. The van der Waals surface area contributed by atoms with E-state index in [4.69, 9.17) is 4.74 Å². The summed E-state index contributed by atoms with van der Waals surface area (Å²) >= 11 is 0. The summed E-state index contributed by atoms with van der Waals surface area (Å²) in [6, 6.07) is 6.82. The van der Waals surface area contributed by atoms with Crippen LogP contribution in [0.5, 0.6) is 11.5 Å². The van der Waals surface area contributed by atoms with E-state index in [1.165, 1.54) is 6.07 Å². The van der Waals surface area contributed by atoms with Gasteiger partial charge in [0.15, 0.2) is 5.96 Å². The number of hydrogen-bond acceptors (Lipinski definition) is 4. The zero-order valence-corrected chi connectivity index (χ0v) is 16.2. The number of nitrogens with one attached hydrogen (secondary N) is 2. The number of guanidine groups is 1. The minimum Gasteiger partial charge on any atom is -0.493 e. The van der Waals surface area contributed by atoms with Crippen LogP contribution in [0.1, 0.15) is 25.3 Å². The molecule has 2 rings (SSSR count). The predicted molar refractivity (Wildman–Crippen MR) is 104 cm³/mol. The summed E-state index contributed by atoms with van der Waals surface area (Å²) in [5.41, 5.74) is 0.587. The molecule has 0 saturated carbocycles. The molecule has 1 aromatic carbocycles. The van der Waals surface area contributed by atoms with Crippen molar-refractivity contribution in [3.8, 4) is 11.5 Å². The van der Waals surface area contributed by atoms with Gasteiger partial charge in [-0.2, -0.15) is 13.9 Å². The molecule has 0 bridgehead atoms. The Kier molecular flexibility index (Phi) is 9.03. The standard InChI is InChI=1S/C19H27F2N5O2/c1-3-12-27-16-7-6-15(17(13-16)28-18(20)21)14-24-19(22-2)23-8-4-10-26-11-5-9-25-26/h5-7,9,11,13,18H,3-4,8,10,12,14H2,1-2H3,(H2,22,23,24). The summed E-state index contributed by atoms with van der Waals surface area (Å²) < 4.78 is 37.5. The van der Waals surface area contributed by atoms with Gasteiger partial charge in [-0.1, -0.05) is 6.92 Å². The number of rotatable bonds is 11. The van der Waals surface area contributed by atoms with Gasteiger partial charge in [0.1, 0.15) is 11.5 Å². The number of aliphatic imine (C=N–C) groups is 1. The molecule has 0 radical (unpaired) electrons. The second-order valence-electron chi connectivity index (χ2n) is 5.97. The maximum atomic E-state index is 12.7. The molecule has 1 heterocycles. The van der Waals surface area contributed by atoms with Crippen LogP contribution in [0, 0.1) is 0 Å². The SMILES string of the molecule is CCCOc1ccc(CNC(=NC)NCCCn2cccn2)c(OC(F)F)c1. The summed E-state index contributed by atoms with van der Waals surface area (Å²) in [6.45, 7) is 1.37. The third-order valence-corrected chi connectivity index (χ3v) is 3.81. The van der Waals surface area contributed by atoms with Gasteiger partial charge in [0.25, 0.3) is 0 Å². The molecular formula is C19H27F2N5O2. The molecule has 9 heteroatoms. The highest BCUT2D eigenvalue weighted by atomic mass is 19.3. The maximum Gasteiger partial charge on any atom is 0.387 e. The van der Waals surface area contributed by atoms with E-state index in [0.717, 1.165) is 19.4 Å². The predicted octanol–water partition coefficient (Wildman–Crippen LogP) is 3.03. The van der Waals surface area contributed by atoms with Crippen molar-refractivity contribution in [1.29, 1.82) is 0 Å². The second kappa shape index (κ2) is 11.8. The highest BCUT2D eigenvalue weighted by Gasteiger charge is 2.12.